The second-order valence-corrected chi connectivity index (χ2v) is 6.66. The van der Waals surface area contributed by atoms with Crippen molar-refractivity contribution >= 4 is 16.9 Å². The predicted molar refractivity (Wildman–Crippen MR) is 100 cm³/mol. The summed E-state index contributed by atoms with van der Waals surface area (Å²) in [6, 6.07) is 15.8. The molecule has 5 heteroatoms. The number of ether oxygens (including phenoxy) is 2. The van der Waals surface area contributed by atoms with Crippen molar-refractivity contribution in [1.29, 1.82) is 0 Å². The summed E-state index contributed by atoms with van der Waals surface area (Å²) in [5.41, 5.74) is 4.27. The lowest BCUT2D eigenvalue weighted by atomic mass is 9.98. The van der Waals surface area contributed by atoms with Crippen molar-refractivity contribution in [2.45, 2.75) is 19.1 Å². The molecule has 5 nitrogen and oxygen atoms in total. The van der Waals surface area contributed by atoms with E-state index in [2.05, 4.69) is 11.1 Å². The molecule has 1 N–H and O–H groups in total. The Morgan fingerprint density at radius 2 is 2.04 bits per heavy atom. The van der Waals surface area contributed by atoms with E-state index in [9.17, 15) is 4.79 Å². The summed E-state index contributed by atoms with van der Waals surface area (Å²) in [6.45, 7) is 1.35. The Bertz CT molecular complexity index is 933. The molecule has 1 unspecified atom stereocenters. The van der Waals surface area contributed by atoms with Gasteiger partial charge in [0.2, 0.25) is 0 Å². The van der Waals surface area contributed by atoms with E-state index in [1.54, 1.807) is 0 Å². The van der Waals surface area contributed by atoms with Gasteiger partial charge in [-0.05, 0) is 42.8 Å². The number of nitrogens with one attached hydrogen (secondary N) is 1. The van der Waals surface area contributed by atoms with Gasteiger partial charge >= 0.3 is 5.97 Å². The Balaban J connectivity index is 1.66. The lowest BCUT2D eigenvalue weighted by molar-refractivity contribution is -0.147. The monoisotopic (exact) mass is 350 g/mol. The van der Waals surface area contributed by atoms with Crippen LogP contribution in [-0.4, -0.2) is 36.6 Å². The Morgan fingerprint density at radius 1 is 1.23 bits per heavy atom. The zero-order valence-electron chi connectivity index (χ0n) is 15.0. The van der Waals surface area contributed by atoms with Crippen molar-refractivity contribution in [3.8, 4) is 5.75 Å². The number of rotatable bonds is 4. The highest BCUT2D eigenvalue weighted by molar-refractivity contribution is 5.89. The second-order valence-electron chi connectivity index (χ2n) is 6.66. The summed E-state index contributed by atoms with van der Waals surface area (Å²) in [4.78, 5) is 17.7. The molecule has 0 aliphatic carbocycles. The third-order valence-corrected chi connectivity index (χ3v) is 5.01. The number of likely N-dealkylation sites (N-methyl/N-ethyl adjacent to an activating group) is 1. The molecule has 0 fully saturated rings. The molecule has 134 valence electrons. The molecule has 0 spiro atoms. The molecule has 3 aromatic rings. The van der Waals surface area contributed by atoms with Gasteiger partial charge in [0.05, 0.1) is 7.11 Å². The topological polar surface area (TPSA) is 54.6 Å². The van der Waals surface area contributed by atoms with Crippen LogP contribution in [0.1, 0.15) is 22.9 Å². The molecule has 26 heavy (non-hydrogen) atoms. The maximum atomic E-state index is 12.2. The van der Waals surface area contributed by atoms with Crippen LogP contribution in [0.4, 0.5) is 0 Å². The Morgan fingerprint density at radius 3 is 2.81 bits per heavy atom. The van der Waals surface area contributed by atoms with E-state index in [1.165, 1.54) is 12.7 Å². The predicted octanol–water partition coefficient (Wildman–Crippen LogP) is 3.45. The molecule has 2 aromatic carbocycles. The normalized spacial score (nSPS) is 17.1. The number of H-pyrrole nitrogens is 1. The minimum Gasteiger partial charge on any atom is -0.489 e. The van der Waals surface area contributed by atoms with E-state index in [4.69, 9.17) is 9.47 Å². The molecule has 1 aliphatic heterocycles. The summed E-state index contributed by atoms with van der Waals surface area (Å²) >= 11 is 0. The number of methoxy groups -OCH3 is 1. The van der Waals surface area contributed by atoms with Crippen LogP contribution in [0.25, 0.3) is 10.9 Å². The summed E-state index contributed by atoms with van der Waals surface area (Å²) in [6.07, 6.45) is 0.890. The summed E-state index contributed by atoms with van der Waals surface area (Å²) < 4.78 is 11.0. The van der Waals surface area contributed by atoms with Gasteiger partial charge in [-0.1, -0.05) is 30.3 Å². The van der Waals surface area contributed by atoms with E-state index in [0.29, 0.717) is 6.61 Å². The Labute approximate surface area is 152 Å². The molecular weight excluding hydrogens is 328 g/mol. The van der Waals surface area contributed by atoms with Crippen LogP contribution in [-0.2, 0) is 22.6 Å². The number of carbonyl (C=O) groups excluding carboxylic acids is 1. The third-order valence-electron chi connectivity index (χ3n) is 5.01. The smallest absolute Gasteiger partial charge is 0.329 e. The van der Waals surface area contributed by atoms with Crippen molar-refractivity contribution in [1.82, 2.24) is 9.88 Å². The number of aromatic nitrogens is 1. The fourth-order valence-electron chi connectivity index (χ4n) is 3.63. The molecule has 4 rings (SSSR count). The maximum Gasteiger partial charge on any atom is 0.329 e. The molecule has 0 saturated heterocycles. The molecule has 0 saturated carbocycles. The van der Waals surface area contributed by atoms with Gasteiger partial charge in [-0.2, -0.15) is 0 Å². The average molecular weight is 350 g/mol. The third kappa shape index (κ3) is 2.95. The number of carbonyl (C=O) groups is 1. The Kier molecular flexibility index (Phi) is 4.39. The fourth-order valence-corrected chi connectivity index (χ4v) is 3.63. The van der Waals surface area contributed by atoms with E-state index in [0.717, 1.165) is 40.9 Å². The van der Waals surface area contributed by atoms with E-state index < -0.39 is 0 Å². The first kappa shape index (κ1) is 16.7. The molecule has 0 radical (unpaired) electrons. The highest BCUT2D eigenvalue weighted by Gasteiger charge is 2.34. The highest BCUT2D eigenvalue weighted by Crippen LogP contribution is 2.35. The van der Waals surface area contributed by atoms with Crippen molar-refractivity contribution in [3.63, 3.8) is 0 Å². The summed E-state index contributed by atoms with van der Waals surface area (Å²) in [5, 5.41) is 1.12. The van der Waals surface area contributed by atoms with E-state index >= 15 is 0 Å². The first-order chi connectivity index (χ1) is 12.7. The minimum absolute atomic E-state index is 0.236. The molecule has 0 amide bonds. The first-order valence-electron chi connectivity index (χ1n) is 8.76. The van der Waals surface area contributed by atoms with Crippen LogP contribution in [0.5, 0.6) is 5.75 Å². The number of hydrogen-bond acceptors (Lipinski definition) is 4. The highest BCUT2D eigenvalue weighted by atomic mass is 16.5. The van der Waals surface area contributed by atoms with Gasteiger partial charge in [-0.3, -0.25) is 4.90 Å². The molecular formula is C21H22N2O3. The van der Waals surface area contributed by atoms with Crippen molar-refractivity contribution < 1.29 is 14.3 Å². The quantitative estimate of drug-likeness (QED) is 0.732. The lowest BCUT2D eigenvalue weighted by Gasteiger charge is -2.30. The number of benzene rings is 2. The largest absolute Gasteiger partial charge is 0.489 e. The summed E-state index contributed by atoms with van der Waals surface area (Å²) in [5.74, 6) is 0.595. The standard InChI is InChI=1S/C21H22N2O3/c1-23-11-10-16-17-12-15(26-13-14-6-4-3-5-7-14)8-9-18(17)22-19(16)20(23)21(24)25-2/h3-9,12,20,22H,10-11,13H2,1-2H3. The number of fused-ring (bicyclic) bond motifs is 3. The number of esters is 1. The second kappa shape index (κ2) is 6.84. The zero-order chi connectivity index (χ0) is 18.1. The van der Waals surface area contributed by atoms with Crippen molar-refractivity contribution in [2.75, 3.05) is 20.7 Å². The van der Waals surface area contributed by atoms with Gasteiger partial charge in [0.15, 0.2) is 0 Å². The zero-order valence-corrected chi connectivity index (χ0v) is 15.0. The Hall–Kier alpha value is -2.79. The van der Waals surface area contributed by atoms with Crippen LogP contribution >= 0.6 is 0 Å². The molecule has 1 aromatic heterocycles. The van der Waals surface area contributed by atoms with Crippen LogP contribution in [0.3, 0.4) is 0 Å². The van der Waals surface area contributed by atoms with Gasteiger partial charge in [0, 0.05) is 23.1 Å². The fraction of sp³-hybridized carbons (Fsp3) is 0.286. The van der Waals surface area contributed by atoms with Gasteiger partial charge in [0.1, 0.15) is 18.4 Å². The molecule has 1 atom stereocenters. The van der Waals surface area contributed by atoms with E-state index in [1.807, 2.05) is 54.4 Å². The number of aromatic amines is 1. The van der Waals surface area contributed by atoms with Crippen molar-refractivity contribution in [3.05, 3.63) is 65.4 Å². The molecule has 2 heterocycles. The van der Waals surface area contributed by atoms with E-state index in [-0.39, 0.29) is 12.0 Å². The maximum absolute atomic E-state index is 12.2. The van der Waals surface area contributed by atoms with Gasteiger partial charge in [-0.15, -0.1) is 0 Å². The molecule has 0 bridgehead atoms. The van der Waals surface area contributed by atoms with Gasteiger partial charge in [0.25, 0.3) is 0 Å². The minimum atomic E-state index is -0.384. The first-order valence-corrected chi connectivity index (χ1v) is 8.76. The summed E-state index contributed by atoms with van der Waals surface area (Å²) in [7, 11) is 3.38. The van der Waals surface area contributed by atoms with Crippen molar-refractivity contribution in [2.24, 2.45) is 0 Å². The lowest BCUT2D eigenvalue weighted by Crippen LogP contribution is -2.37. The number of hydrogen-bond donors (Lipinski definition) is 1. The van der Waals surface area contributed by atoms with Crippen LogP contribution in [0.2, 0.25) is 0 Å². The van der Waals surface area contributed by atoms with Crippen LogP contribution in [0, 0.1) is 0 Å². The SMILES string of the molecule is COC(=O)C1c2[nH]c3ccc(OCc4ccccc4)cc3c2CCN1C. The average Bonchev–Trinajstić information content (AvgIpc) is 3.04. The van der Waals surface area contributed by atoms with Gasteiger partial charge < -0.3 is 14.5 Å². The molecule has 1 aliphatic rings. The van der Waals surface area contributed by atoms with Crippen LogP contribution < -0.4 is 4.74 Å². The van der Waals surface area contributed by atoms with Crippen LogP contribution in [0.15, 0.2) is 48.5 Å². The number of nitrogens with zero attached hydrogens (tertiary/aromatic N) is 1. The van der Waals surface area contributed by atoms with Gasteiger partial charge in [-0.25, -0.2) is 4.79 Å².